The topological polar surface area (TPSA) is 140 Å². The van der Waals surface area contributed by atoms with Gasteiger partial charge in [0.05, 0.1) is 13.2 Å². The number of carbonyl (C=O) groups excluding carboxylic acids is 5. The highest BCUT2D eigenvalue weighted by Gasteiger charge is 2.33. The Balaban J connectivity index is 1.55. The van der Waals surface area contributed by atoms with E-state index in [1.807, 2.05) is 6.07 Å². The summed E-state index contributed by atoms with van der Waals surface area (Å²) in [6.07, 6.45) is -0.497. The third-order valence-corrected chi connectivity index (χ3v) is 4.66. The van der Waals surface area contributed by atoms with Gasteiger partial charge in [-0.2, -0.15) is 0 Å². The Kier molecular flexibility index (Phi) is 7.55. The third-order valence-electron chi connectivity index (χ3n) is 4.66. The first-order chi connectivity index (χ1) is 14.9. The minimum Gasteiger partial charge on any atom is -0.444 e. The molecule has 0 saturated carbocycles. The molecule has 0 aromatic heterocycles. The normalized spacial score (nSPS) is 19.1. The number of imide groups is 1. The molecule has 4 amide bonds. The average Bonchev–Trinajstić information content (AvgIpc) is 3.37. The largest absolute Gasteiger partial charge is 0.444 e. The molecule has 3 rings (SSSR count). The molecule has 166 valence electrons. The Bertz CT molecular complexity index is 822. The molecule has 2 saturated heterocycles. The highest BCUT2D eigenvalue weighted by molar-refractivity contribution is 6.01. The van der Waals surface area contributed by atoms with Crippen molar-refractivity contribution in [1.29, 1.82) is 0 Å². The zero-order chi connectivity index (χ0) is 22.2. The summed E-state index contributed by atoms with van der Waals surface area (Å²) in [5.41, 5.74) is 0.781. The van der Waals surface area contributed by atoms with Crippen LogP contribution in [0.1, 0.15) is 24.8 Å². The van der Waals surface area contributed by atoms with Crippen molar-refractivity contribution in [2.24, 2.45) is 0 Å². The molecule has 0 aliphatic carbocycles. The van der Waals surface area contributed by atoms with Gasteiger partial charge in [0.15, 0.2) is 0 Å². The number of hydrogen-bond donors (Lipinski definition) is 2. The van der Waals surface area contributed by atoms with Gasteiger partial charge in [-0.3, -0.25) is 14.4 Å². The van der Waals surface area contributed by atoms with Crippen LogP contribution in [0, 0.1) is 0 Å². The van der Waals surface area contributed by atoms with Crippen LogP contribution in [0.3, 0.4) is 0 Å². The van der Waals surface area contributed by atoms with Gasteiger partial charge in [0.2, 0.25) is 5.91 Å². The Labute approximate surface area is 177 Å². The zero-order valence-corrected chi connectivity index (χ0v) is 16.7. The van der Waals surface area contributed by atoms with Crippen molar-refractivity contribution >= 4 is 29.8 Å². The lowest BCUT2D eigenvalue weighted by molar-refractivity contribution is -0.196. The average molecular weight is 433 g/mol. The van der Waals surface area contributed by atoms with Gasteiger partial charge in [-0.05, 0) is 5.56 Å². The van der Waals surface area contributed by atoms with Crippen LogP contribution in [-0.4, -0.2) is 66.8 Å². The van der Waals surface area contributed by atoms with E-state index in [-0.39, 0.29) is 25.4 Å². The van der Waals surface area contributed by atoms with Gasteiger partial charge in [-0.25, -0.2) is 9.59 Å². The maximum Gasteiger partial charge on any atom is 0.408 e. The van der Waals surface area contributed by atoms with Crippen molar-refractivity contribution < 1.29 is 38.3 Å². The summed E-state index contributed by atoms with van der Waals surface area (Å²) in [6.45, 7) is 0.202. The maximum atomic E-state index is 12.6. The van der Waals surface area contributed by atoms with Gasteiger partial charge in [0.1, 0.15) is 18.7 Å². The zero-order valence-electron chi connectivity index (χ0n) is 16.7. The van der Waals surface area contributed by atoms with Crippen LogP contribution in [0.4, 0.5) is 4.79 Å². The minimum atomic E-state index is -1.03. The predicted octanol–water partition coefficient (Wildman–Crippen LogP) is -0.164. The molecule has 0 spiro atoms. The van der Waals surface area contributed by atoms with Gasteiger partial charge >= 0.3 is 12.1 Å². The monoisotopic (exact) mass is 433 g/mol. The van der Waals surface area contributed by atoms with Crippen molar-refractivity contribution in [3.05, 3.63) is 35.9 Å². The van der Waals surface area contributed by atoms with Crippen LogP contribution >= 0.6 is 0 Å². The molecular formula is C20H23N3O8. The molecule has 0 bridgehead atoms. The Hall–Kier alpha value is -3.47. The second-order valence-electron chi connectivity index (χ2n) is 7.04. The first-order valence-corrected chi connectivity index (χ1v) is 9.85. The number of hydroxylamine groups is 2. The number of benzene rings is 1. The van der Waals surface area contributed by atoms with Crippen LogP contribution in [0.15, 0.2) is 30.3 Å². The first kappa shape index (κ1) is 22.2. The van der Waals surface area contributed by atoms with Crippen LogP contribution < -0.4 is 10.6 Å². The highest BCUT2D eigenvalue weighted by atomic mass is 16.7. The fourth-order valence-electron chi connectivity index (χ4n) is 3.07. The quantitative estimate of drug-likeness (QED) is 0.539. The van der Waals surface area contributed by atoms with Crippen molar-refractivity contribution in [2.75, 3.05) is 19.8 Å². The smallest absolute Gasteiger partial charge is 0.408 e. The van der Waals surface area contributed by atoms with E-state index < -0.39 is 42.4 Å². The molecular weight excluding hydrogens is 410 g/mol. The molecule has 0 radical (unpaired) electrons. The van der Waals surface area contributed by atoms with E-state index in [2.05, 4.69) is 10.6 Å². The molecule has 0 unspecified atom stereocenters. The van der Waals surface area contributed by atoms with Crippen LogP contribution in [0.2, 0.25) is 0 Å². The molecule has 1 aromatic rings. The molecule has 1 aromatic carbocycles. The standard InChI is InChI=1S/C20H23N3O8/c24-16-6-7-17(25)23(16)31-18(26)11-21-19(27)15(10-13-4-2-1-3-5-13)22-20(28)30-14-8-9-29-12-14/h1-5,14-15H,6-12H2,(H,21,27)(H,22,28)/t14-,15-/m0/s1. The lowest BCUT2D eigenvalue weighted by Crippen LogP contribution is -2.50. The number of hydrogen-bond acceptors (Lipinski definition) is 8. The Morgan fingerprint density at radius 3 is 2.48 bits per heavy atom. The van der Waals surface area contributed by atoms with Gasteiger partial charge in [-0.1, -0.05) is 30.3 Å². The van der Waals surface area contributed by atoms with E-state index in [9.17, 15) is 24.0 Å². The van der Waals surface area contributed by atoms with Crippen molar-refractivity contribution in [3.8, 4) is 0 Å². The predicted molar refractivity (Wildman–Crippen MR) is 103 cm³/mol. The van der Waals surface area contributed by atoms with Gasteiger partial charge in [0, 0.05) is 25.7 Å². The van der Waals surface area contributed by atoms with Crippen molar-refractivity contribution in [1.82, 2.24) is 15.7 Å². The van der Waals surface area contributed by atoms with E-state index in [1.54, 1.807) is 24.3 Å². The van der Waals surface area contributed by atoms with Crippen molar-refractivity contribution in [3.63, 3.8) is 0 Å². The third kappa shape index (κ3) is 6.51. The van der Waals surface area contributed by atoms with E-state index in [1.165, 1.54) is 0 Å². The summed E-state index contributed by atoms with van der Waals surface area (Å²) in [5.74, 6) is -2.88. The molecule has 2 heterocycles. The molecule has 2 atom stereocenters. The molecule has 2 fully saturated rings. The SMILES string of the molecule is O=C(CNC(=O)[C@H](Cc1ccccc1)NC(=O)O[C@H]1CCOC1)ON1C(=O)CCC1=O. The number of amides is 4. The lowest BCUT2D eigenvalue weighted by atomic mass is 10.1. The summed E-state index contributed by atoms with van der Waals surface area (Å²) in [5, 5.41) is 5.25. The Morgan fingerprint density at radius 1 is 1.13 bits per heavy atom. The molecule has 31 heavy (non-hydrogen) atoms. The summed E-state index contributed by atoms with van der Waals surface area (Å²) in [6, 6.07) is 7.95. The minimum absolute atomic E-state index is 0.0321. The molecule has 11 nitrogen and oxygen atoms in total. The molecule has 2 N–H and O–H groups in total. The number of rotatable bonds is 8. The highest BCUT2D eigenvalue weighted by Crippen LogP contribution is 2.12. The molecule has 2 aliphatic rings. The number of carbonyl (C=O) groups is 5. The van der Waals surface area contributed by atoms with E-state index in [0.717, 1.165) is 5.56 Å². The fourth-order valence-corrected chi connectivity index (χ4v) is 3.07. The van der Waals surface area contributed by atoms with E-state index >= 15 is 0 Å². The maximum absolute atomic E-state index is 12.6. The second-order valence-corrected chi connectivity index (χ2v) is 7.04. The summed E-state index contributed by atoms with van der Waals surface area (Å²) >= 11 is 0. The van der Waals surface area contributed by atoms with Crippen LogP contribution in [-0.2, 0) is 39.9 Å². The second kappa shape index (κ2) is 10.5. The summed E-state index contributed by atoms with van der Waals surface area (Å²) < 4.78 is 10.4. The molecule has 11 heteroatoms. The summed E-state index contributed by atoms with van der Waals surface area (Å²) in [7, 11) is 0. The lowest BCUT2D eigenvalue weighted by Gasteiger charge is -2.20. The van der Waals surface area contributed by atoms with Crippen LogP contribution in [0.25, 0.3) is 0 Å². The van der Waals surface area contributed by atoms with E-state index in [4.69, 9.17) is 14.3 Å². The van der Waals surface area contributed by atoms with Crippen LogP contribution in [0.5, 0.6) is 0 Å². The number of nitrogens with one attached hydrogen (secondary N) is 2. The number of ether oxygens (including phenoxy) is 2. The Morgan fingerprint density at radius 2 is 1.84 bits per heavy atom. The molecule has 2 aliphatic heterocycles. The van der Waals surface area contributed by atoms with Crippen molar-refractivity contribution in [2.45, 2.75) is 37.8 Å². The van der Waals surface area contributed by atoms with Gasteiger partial charge in [-0.15, -0.1) is 5.06 Å². The van der Waals surface area contributed by atoms with Gasteiger partial charge in [0.25, 0.3) is 11.8 Å². The van der Waals surface area contributed by atoms with E-state index in [0.29, 0.717) is 24.7 Å². The van der Waals surface area contributed by atoms with Gasteiger partial charge < -0.3 is 24.9 Å². The fraction of sp³-hybridized carbons (Fsp3) is 0.450. The number of alkyl carbamates (subject to hydrolysis) is 1. The summed E-state index contributed by atoms with van der Waals surface area (Å²) in [4.78, 5) is 64.5. The first-order valence-electron chi connectivity index (χ1n) is 9.85. The number of nitrogens with zero attached hydrogens (tertiary/aromatic N) is 1.